The fourth-order valence-corrected chi connectivity index (χ4v) is 2.22. The first-order valence-corrected chi connectivity index (χ1v) is 5.73. The zero-order valence-electron chi connectivity index (χ0n) is 10.1. The predicted molar refractivity (Wildman–Crippen MR) is 63.2 cm³/mol. The van der Waals surface area contributed by atoms with Gasteiger partial charge in [-0.05, 0) is 31.2 Å². The molecule has 0 spiro atoms. The Labute approximate surface area is 100 Å². The Morgan fingerprint density at radius 1 is 1.65 bits per heavy atom. The number of carbonyl (C=O) groups excluding carboxylic acids is 1. The molecule has 3 N–H and O–H groups in total. The predicted octanol–water partition coefficient (Wildman–Crippen LogP) is 0.699. The molecule has 1 fully saturated rings. The summed E-state index contributed by atoms with van der Waals surface area (Å²) in [5.74, 6) is -0.340. The lowest BCUT2D eigenvalue weighted by Crippen LogP contribution is -2.58. The number of hydrogen-bond acceptors (Lipinski definition) is 4. The number of nitrogens with one attached hydrogen (secondary N) is 1. The van der Waals surface area contributed by atoms with Crippen LogP contribution in [0.5, 0.6) is 0 Å². The number of primary amides is 1. The molecule has 0 bridgehead atoms. The van der Waals surface area contributed by atoms with E-state index in [1.807, 2.05) is 0 Å². The second-order valence-electron chi connectivity index (χ2n) is 4.26. The van der Waals surface area contributed by atoms with Gasteiger partial charge in [0.25, 0.3) is 0 Å². The van der Waals surface area contributed by atoms with Crippen LogP contribution in [0.4, 0.5) is 0 Å². The van der Waals surface area contributed by atoms with E-state index in [-0.39, 0.29) is 12.0 Å². The molecule has 0 aliphatic heterocycles. The molecule has 0 saturated heterocycles. The van der Waals surface area contributed by atoms with Crippen molar-refractivity contribution in [2.45, 2.75) is 37.3 Å². The molecule has 0 aromatic rings. The number of azide groups is 1. The lowest BCUT2D eigenvalue weighted by atomic mass is 9.79. The molecule has 7 heteroatoms. The van der Waals surface area contributed by atoms with Crippen molar-refractivity contribution in [3.63, 3.8) is 0 Å². The van der Waals surface area contributed by atoms with Gasteiger partial charge < -0.3 is 15.8 Å². The van der Waals surface area contributed by atoms with Gasteiger partial charge in [0.15, 0.2) is 0 Å². The SMILES string of the molecule is COC1CCC(NCCN=[N+]=[N-])(C(N)=O)CC1. The fraction of sp³-hybridized carbons (Fsp3) is 0.900. The third-order valence-electron chi connectivity index (χ3n) is 3.33. The lowest BCUT2D eigenvalue weighted by Gasteiger charge is -2.38. The first-order chi connectivity index (χ1) is 8.14. The van der Waals surface area contributed by atoms with Gasteiger partial charge >= 0.3 is 0 Å². The monoisotopic (exact) mass is 241 g/mol. The average molecular weight is 241 g/mol. The smallest absolute Gasteiger partial charge is 0.237 e. The lowest BCUT2D eigenvalue weighted by molar-refractivity contribution is -0.126. The van der Waals surface area contributed by atoms with Crippen LogP contribution in [0.3, 0.4) is 0 Å². The van der Waals surface area contributed by atoms with Crippen molar-refractivity contribution in [1.82, 2.24) is 5.32 Å². The molecule has 1 amide bonds. The standard InChI is InChI=1S/C10H19N5O2/c1-17-8-2-4-10(5-3-8,9(11)16)13-6-7-14-15-12/h8,13H,2-7H2,1H3,(H2,11,16). The molecule has 0 heterocycles. The van der Waals surface area contributed by atoms with Crippen molar-refractivity contribution >= 4 is 5.91 Å². The Morgan fingerprint density at radius 2 is 2.29 bits per heavy atom. The quantitative estimate of drug-likeness (QED) is 0.309. The van der Waals surface area contributed by atoms with Gasteiger partial charge in [0.05, 0.1) is 11.6 Å². The molecule has 96 valence electrons. The van der Waals surface area contributed by atoms with E-state index in [2.05, 4.69) is 15.3 Å². The third kappa shape index (κ3) is 3.59. The molecule has 1 saturated carbocycles. The van der Waals surface area contributed by atoms with Gasteiger partial charge in [-0.1, -0.05) is 5.11 Å². The summed E-state index contributed by atoms with van der Waals surface area (Å²) in [4.78, 5) is 14.2. The van der Waals surface area contributed by atoms with Crippen LogP contribution >= 0.6 is 0 Å². The Bertz CT molecular complexity index is 306. The van der Waals surface area contributed by atoms with Crippen molar-refractivity contribution in [2.24, 2.45) is 10.8 Å². The Hall–Kier alpha value is -1.30. The van der Waals surface area contributed by atoms with Gasteiger partial charge in [-0.15, -0.1) is 0 Å². The van der Waals surface area contributed by atoms with Crippen LogP contribution in [0.2, 0.25) is 0 Å². The summed E-state index contributed by atoms with van der Waals surface area (Å²) in [5.41, 5.74) is 13.0. The second kappa shape index (κ2) is 6.44. The third-order valence-corrected chi connectivity index (χ3v) is 3.33. The van der Waals surface area contributed by atoms with Gasteiger partial charge in [0, 0.05) is 25.1 Å². The molecule has 0 aromatic carbocycles. The van der Waals surface area contributed by atoms with E-state index < -0.39 is 5.54 Å². The minimum atomic E-state index is -0.667. The molecule has 0 aromatic heterocycles. The largest absolute Gasteiger partial charge is 0.381 e. The molecule has 0 radical (unpaired) electrons. The highest BCUT2D eigenvalue weighted by Crippen LogP contribution is 2.29. The zero-order chi connectivity index (χ0) is 12.7. The van der Waals surface area contributed by atoms with Crippen LogP contribution in [-0.4, -0.2) is 37.7 Å². The van der Waals surface area contributed by atoms with E-state index in [1.54, 1.807) is 7.11 Å². The van der Waals surface area contributed by atoms with Crippen molar-refractivity contribution in [1.29, 1.82) is 0 Å². The number of nitrogens with zero attached hydrogens (tertiary/aromatic N) is 3. The van der Waals surface area contributed by atoms with Crippen LogP contribution in [0.15, 0.2) is 5.11 Å². The highest BCUT2D eigenvalue weighted by molar-refractivity contribution is 5.84. The van der Waals surface area contributed by atoms with E-state index in [9.17, 15) is 4.79 Å². The maximum absolute atomic E-state index is 11.6. The highest BCUT2D eigenvalue weighted by Gasteiger charge is 2.39. The van der Waals surface area contributed by atoms with Crippen LogP contribution in [-0.2, 0) is 9.53 Å². The zero-order valence-corrected chi connectivity index (χ0v) is 10.1. The summed E-state index contributed by atoms with van der Waals surface area (Å²) in [6.45, 7) is 0.782. The molecular weight excluding hydrogens is 222 g/mol. The van der Waals surface area contributed by atoms with Crippen molar-refractivity contribution in [3.05, 3.63) is 10.4 Å². The molecular formula is C10H19N5O2. The summed E-state index contributed by atoms with van der Waals surface area (Å²) in [7, 11) is 1.68. The second-order valence-corrected chi connectivity index (χ2v) is 4.26. The number of hydrogen-bond donors (Lipinski definition) is 2. The highest BCUT2D eigenvalue weighted by atomic mass is 16.5. The molecule has 0 atom stereocenters. The number of carbonyl (C=O) groups is 1. The van der Waals surface area contributed by atoms with E-state index in [4.69, 9.17) is 16.0 Å². The van der Waals surface area contributed by atoms with E-state index in [0.29, 0.717) is 25.9 Å². The van der Waals surface area contributed by atoms with E-state index in [1.165, 1.54) is 0 Å². The van der Waals surface area contributed by atoms with Gasteiger partial charge in [-0.2, -0.15) is 0 Å². The maximum atomic E-state index is 11.6. The molecule has 1 aliphatic carbocycles. The van der Waals surface area contributed by atoms with Gasteiger partial charge in [-0.3, -0.25) is 4.79 Å². The summed E-state index contributed by atoms with van der Waals surface area (Å²) < 4.78 is 5.26. The van der Waals surface area contributed by atoms with E-state index >= 15 is 0 Å². The average Bonchev–Trinajstić information content (AvgIpc) is 2.35. The topological polar surface area (TPSA) is 113 Å². The normalized spacial score (nSPS) is 28.4. The maximum Gasteiger partial charge on any atom is 0.237 e. The Balaban J connectivity index is 2.52. The minimum Gasteiger partial charge on any atom is -0.381 e. The number of methoxy groups -OCH3 is 1. The molecule has 0 unspecified atom stereocenters. The van der Waals surface area contributed by atoms with Gasteiger partial charge in [-0.25, -0.2) is 0 Å². The number of amides is 1. The van der Waals surface area contributed by atoms with Gasteiger partial charge in [0.1, 0.15) is 0 Å². The number of ether oxygens (including phenoxy) is 1. The molecule has 1 rings (SSSR count). The molecule has 1 aliphatic rings. The summed E-state index contributed by atoms with van der Waals surface area (Å²) in [5, 5.41) is 6.54. The Kier molecular flexibility index (Phi) is 5.21. The molecule has 17 heavy (non-hydrogen) atoms. The van der Waals surface area contributed by atoms with Crippen molar-refractivity contribution < 1.29 is 9.53 Å². The first kappa shape index (κ1) is 13.8. The summed E-state index contributed by atoms with van der Waals surface area (Å²) in [6.07, 6.45) is 3.16. The van der Waals surface area contributed by atoms with Crippen LogP contribution in [0, 0.1) is 0 Å². The minimum absolute atomic E-state index is 0.210. The van der Waals surface area contributed by atoms with Crippen molar-refractivity contribution in [3.8, 4) is 0 Å². The van der Waals surface area contributed by atoms with Crippen LogP contribution in [0.25, 0.3) is 10.4 Å². The van der Waals surface area contributed by atoms with Crippen LogP contribution < -0.4 is 11.1 Å². The Morgan fingerprint density at radius 3 is 2.76 bits per heavy atom. The first-order valence-electron chi connectivity index (χ1n) is 5.73. The van der Waals surface area contributed by atoms with Gasteiger partial charge in [0.2, 0.25) is 5.91 Å². The van der Waals surface area contributed by atoms with Crippen molar-refractivity contribution in [2.75, 3.05) is 20.2 Å². The van der Waals surface area contributed by atoms with E-state index in [0.717, 1.165) is 12.8 Å². The molecule has 7 nitrogen and oxygen atoms in total. The number of nitrogens with two attached hydrogens (primary N) is 1. The summed E-state index contributed by atoms with van der Waals surface area (Å²) >= 11 is 0. The summed E-state index contributed by atoms with van der Waals surface area (Å²) in [6, 6.07) is 0. The fourth-order valence-electron chi connectivity index (χ4n) is 2.22. The van der Waals surface area contributed by atoms with Crippen LogP contribution in [0.1, 0.15) is 25.7 Å². The number of rotatable bonds is 6.